The van der Waals surface area contributed by atoms with Crippen LogP contribution in [0.15, 0.2) is 24.7 Å². The lowest BCUT2D eigenvalue weighted by atomic mass is 9.50. The molecule has 0 radical (unpaired) electrons. The molecule has 11 nitrogen and oxygen atoms in total. The molecule has 5 aliphatic rings. The normalized spacial score (nSPS) is 29.6. The van der Waals surface area contributed by atoms with Crippen molar-refractivity contribution < 1.29 is 13.9 Å². The Hall–Kier alpha value is -3.41. The Morgan fingerprint density at radius 3 is 2.65 bits per heavy atom. The van der Waals surface area contributed by atoms with Crippen LogP contribution in [0.5, 0.6) is 0 Å². The number of anilines is 3. The van der Waals surface area contributed by atoms with E-state index in [1.807, 2.05) is 27.5 Å². The molecule has 3 aromatic heterocycles. The lowest BCUT2D eigenvalue weighted by Crippen LogP contribution is -2.68. The number of imidazole rings is 1. The van der Waals surface area contributed by atoms with Crippen LogP contribution in [-0.2, 0) is 10.3 Å². The summed E-state index contributed by atoms with van der Waals surface area (Å²) in [4.78, 5) is 24.2. The van der Waals surface area contributed by atoms with E-state index in [4.69, 9.17) is 14.8 Å². The number of ether oxygens (including phenoxy) is 1. The van der Waals surface area contributed by atoms with E-state index in [0.717, 1.165) is 74.2 Å². The molecule has 4 saturated carbocycles. The molecule has 1 saturated heterocycles. The van der Waals surface area contributed by atoms with Crippen molar-refractivity contribution >= 4 is 29.2 Å². The summed E-state index contributed by atoms with van der Waals surface area (Å²) >= 11 is 0. The minimum Gasteiger partial charge on any atom is -0.443 e. The van der Waals surface area contributed by atoms with Gasteiger partial charge in [-0.25, -0.2) is 23.8 Å². The smallest absolute Gasteiger partial charge is 0.407 e. The van der Waals surface area contributed by atoms with Crippen molar-refractivity contribution in [3.8, 4) is 0 Å². The van der Waals surface area contributed by atoms with Crippen LogP contribution >= 0.6 is 0 Å². The molecule has 40 heavy (non-hydrogen) atoms. The number of carbonyl (C=O) groups is 1. The summed E-state index contributed by atoms with van der Waals surface area (Å²) in [7, 11) is 0. The number of piperazine rings is 1. The predicted octanol–water partition coefficient (Wildman–Crippen LogP) is 3.70. The number of aromatic nitrogens is 5. The third kappa shape index (κ3) is 4.46. The van der Waals surface area contributed by atoms with E-state index in [0.29, 0.717) is 12.4 Å². The molecule has 5 fully saturated rings. The lowest BCUT2D eigenvalue weighted by molar-refractivity contribution is -0.0530. The average molecular weight is 552 g/mol. The zero-order valence-corrected chi connectivity index (χ0v) is 23.4. The molecular formula is C28H38FN9O2. The van der Waals surface area contributed by atoms with Gasteiger partial charge in [0, 0.05) is 56.1 Å². The third-order valence-corrected chi connectivity index (χ3v) is 8.98. The van der Waals surface area contributed by atoms with Gasteiger partial charge in [-0.1, -0.05) is 0 Å². The van der Waals surface area contributed by atoms with Gasteiger partial charge in [-0.05, 0) is 58.8 Å². The van der Waals surface area contributed by atoms with Gasteiger partial charge in [-0.15, -0.1) is 0 Å². The second-order valence-corrected chi connectivity index (χ2v) is 13.0. The number of amides is 1. The third-order valence-electron chi connectivity index (χ3n) is 8.98. The van der Waals surface area contributed by atoms with Crippen LogP contribution in [0.4, 0.5) is 26.6 Å². The highest BCUT2D eigenvalue weighted by atomic mass is 19.1. The molecule has 3 unspecified atom stereocenters. The first-order chi connectivity index (χ1) is 19.2. The summed E-state index contributed by atoms with van der Waals surface area (Å²) in [6.45, 7) is 9.91. The van der Waals surface area contributed by atoms with Crippen molar-refractivity contribution in [2.45, 2.75) is 82.1 Å². The number of nitrogens with zero attached hydrogens (tertiary/aromatic N) is 6. The Bertz CT molecular complexity index is 1410. The van der Waals surface area contributed by atoms with Crippen LogP contribution in [-0.4, -0.2) is 74.2 Å². The Morgan fingerprint density at radius 1 is 1.18 bits per heavy atom. The number of alkyl carbamates (subject to hydrolysis) is 1. The van der Waals surface area contributed by atoms with E-state index in [1.54, 1.807) is 6.20 Å². The molecule has 3 aromatic rings. The standard InChI is InChI=1S/C28H38FN9O2/c1-27(2,3)38-23(33-25-32-16-21(24-31-6-9-37(24)25)36-7-4-30-5-8-36)12-20(35-38)18-10-19(29)22(11-18)40-26(39)34-28-13-17(14-28)15-28/h6,9,12,16-19,22,30H,4-5,7-8,10-11,13-15H2,1-3H3,(H,32,33)(H,34,39). The molecule has 0 aromatic carbocycles. The number of hydrogen-bond acceptors (Lipinski definition) is 8. The highest BCUT2D eigenvalue weighted by Crippen LogP contribution is 2.57. The van der Waals surface area contributed by atoms with Crippen LogP contribution in [0.2, 0.25) is 0 Å². The van der Waals surface area contributed by atoms with Gasteiger partial charge in [0.25, 0.3) is 0 Å². The Morgan fingerprint density at radius 2 is 1.95 bits per heavy atom. The van der Waals surface area contributed by atoms with Gasteiger partial charge in [0.05, 0.1) is 23.1 Å². The number of halogens is 1. The molecular weight excluding hydrogens is 513 g/mol. The molecule has 1 aliphatic heterocycles. The van der Waals surface area contributed by atoms with E-state index in [9.17, 15) is 4.79 Å². The van der Waals surface area contributed by atoms with E-state index >= 15 is 4.39 Å². The topological polar surface area (TPSA) is 114 Å². The number of alkyl halides is 1. The molecule has 4 aliphatic carbocycles. The van der Waals surface area contributed by atoms with Gasteiger partial charge in [-0.3, -0.25) is 4.40 Å². The van der Waals surface area contributed by atoms with Crippen molar-refractivity contribution in [3.05, 3.63) is 30.4 Å². The van der Waals surface area contributed by atoms with Gasteiger partial charge in [0.15, 0.2) is 5.65 Å². The monoisotopic (exact) mass is 551 g/mol. The molecule has 2 bridgehead atoms. The fourth-order valence-corrected chi connectivity index (χ4v) is 6.77. The molecule has 3 N–H and O–H groups in total. The van der Waals surface area contributed by atoms with Crippen LogP contribution in [0.1, 0.15) is 64.5 Å². The predicted molar refractivity (Wildman–Crippen MR) is 149 cm³/mol. The second-order valence-electron chi connectivity index (χ2n) is 13.0. The Labute approximate surface area is 232 Å². The maximum Gasteiger partial charge on any atom is 0.407 e. The SMILES string of the molecule is CC(C)(C)n1nc(C2CC(F)C(OC(=O)NC34CC(C3)C4)C2)cc1Nc1ncc(N2CCNCC2)c2nccn12. The minimum absolute atomic E-state index is 0.0878. The van der Waals surface area contributed by atoms with Gasteiger partial charge >= 0.3 is 6.09 Å². The number of rotatable bonds is 6. The lowest BCUT2D eigenvalue weighted by Gasteiger charge is -2.61. The van der Waals surface area contributed by atoms with Crippen LogP contribution in [0, 0.1) is 5.92 Å². The van der Waals surface area contributed by atoms with Crippen LogP contribution in [0.25, 0.3) is 5.65 Å². The Kier molecular flexibility index (Phi) is 5.95. The van der Waals surface area contributed by atoms with Gasteiger partial charge in [0.2, 0.25) is 5.95 Å². The fourth-order valence-electron chi connectivity index (χ4n) is 6.77. The fraction of sp³-hybridized carbons (Fsp3) is 0.643. The van der Waals surface area contributed by atoms with E-state index in [-0.39, 0.29) is 23.4 Å². The first kappa shape index (κ1) is 25.6. The summed E-state index contributed by atoms with van der Waals surface area (Å²) in [5, 5.41) is 14.8. The number of carbonyl (C=O) groups excluding carboxylic acids is 1. The maximum absolute atomic E-state index is 15.1. The molecule has 12 heteroatoms. The zero-order valence-electron chi connectivity index (χ0n) is 23.4. The number of fused-ring (bicyclic) bond motifs is 1. The van der Waals surface area contributed by atoms with Gasteiger partial charge in [-0.2, -0.15) is 5.10 Å². The molecule has 0 spiro atoms. The van der Waals surface area contributed by atoms with Gasteiger partial charge in [0.1, 0.15) is 18.1 Å². The minimum atomic E-state index is -1.22. The average Bonchev–Trinajstić information content (AvgIpc) is 3.60. The van der Waals surface area contributed by atoms with E-state index in [2.05, 4.69) is 46.6 Å². The first-order valence-electron chi connectivity index (χ1n) is 14.5. The molecule has 3 atom stereocenters. The summed E-state index contributed by atoms with van der Waals surface area (Å²) < 4.78 is 24.5. The summed E-state index contributed by atoms with van der Waals surface area (Å²) in [5.41, 5.74) is 2.21. The van der Waals surface area contributed by atoms with Crippen molar-refractivity contribution in [2.24, 2.45) is 5.92 Å². The van der Waals surface area contributed by atoms with Gasteiger partial charge < -0.3 is 25.6 Å². The molecule has 214 valence electrons. The highest BCUT2D eigenvalue weighted by Gasteiger charge is 2.58. The summed E-state index contributed by atoms with van der Waals surface area (Å²) in [6.07, 6.45) is 6.83. The molecule has 4 heterocycles. The number of nitrogens with one attached hydrogen (secondary N) is 3. The maximum atomic E-state index is 15.1. The van der Waals surface area contributed by atoms with Crippen molar-refractivity contribution in [3.63, 3.8) is 0 Å². The zero-order chi connectivity index (χ0) is 27.6. The van der Waals surface area contributed by atoms with Crippen molar-refractivity contribution in [1.29, 1.82) is 0 Å². The van der Waals surface area contributed by atoms with Crippen molar-refractivity contribution in [1.82, 2.24) is 34.8 Å². The quantitative estimate of drug-likeness (QED) is 0.425. The largest absolute Gasteiger partial charge is 0.443 e. The molecule has 1 amide bonds. The molecule has 8 rings (SSSR count). The van der Waals surface area contributed by atoms with Crippen LogP contribution in [0.3, 0.4) is 0 Å². The summed E-state index contributed by atoms with van der Waals surface area (Å²) in [6, 6.07) is 1.97. The van der Waals surface area contributed by atoms with E-state index < -0.39 is 18.4 Å². The second kappa shape index (κ2) is 9.32. The highest BCUT2D eigenvalue weighted by molar-refractivity contribution is 5.71. The van der Waals surface area contributed by atoms with Crippen molar-refractivity contribution in [2.75, 3.05) is 36.4 Å². The first-order valence-corrected chi connectivity index (χ1v) is 14.5. The summed E-state index contributed by atoms with van der Waals surface area (Å²) in [5.74, 6) is 1.99. The van der Waals surface area contributed by atoms with Crippen LogP contribution < -0.4 is 20.9 Å². The van der Waals surface area contributed by atoms with E-state index in [1.165, 1.54) is 0 Å². The number of hydrogen-bond donors (Lipinski definition) is 3. The Balaban J connectivity index is 1.10.